The molecule has 0 saturated heterocycles. The smallest absolute Gasteiger partial charge is 0.335 e. The largest absolute Gasteiger partial charge is 0.478 e. The molecule has 5 rings (SSSR count). The maximum atomic E-state index is 11.6. The molecule has 1 unspecified atom stereocenters. The van der Waals surface area contributed by atoms with Crippen molar-refractivity contribution in [2.45, 2.75) is 32.6 Å². The fourth-order valence-electron chi connectivity index (χ4n) is 4.84. The second-order valence-corrected chi connectivity index (χ2v) is 8.82. The summed E-state index contributed by atoms with van der Waals surface area (Å²) in [5.74, 6) is 0.777. The minimum absolute atomic E-state index is 0.224. The minimum Gasteiger partial charge on any atom is -0.478 e. The minimum atomic E-state index is -0.883. The van der Waals surface area contributed by atoms with Gasteiger partial charge in [0.15, 0.2) is 5.76 Å². The fourth-order valence-corrected chi connectivity index (χ4v) is 4.84. The number of carbonyl (C=O) groups is 1. The topological polar surface area (TPSA) is 63.3 Å². The van der Waals surface area contributed by atoms with Gasteiger partial charge in [0.25, 0.3) is 0 Å². The Morgan fingerprint density at radius 2 is 1.68 bits per heavy atom. The summed E-state index contributed by atoms with van der Waals surface area (Å²) in [6.07, 6.45) is 6.13. The van der Waals surface area contributed by atoms with Gasteiger partial charge in [0.05, 0.1) is 5.56 Å². The maximum absolute atomic E-state index is 11.6. The van der Waals surface area contributed by atoms with Gasteiger partial charge in [-0.1, -0.05) is 78.9 Å². The number of oxazole rings is 1. The predicted molar refractivity (Wildman–Crippen MR) is 135 cm³/mol. The molecule has 3 aromatic carbocycles. The molecule has 0 saturated carbocycles. The number of benzene rings is 3. The first-order valence-corrected chi connectivity index (χ1v) is 11.8. The molecule has 0 radical (unpaired) electrons. The molecular formula is C30H27NO3. The molecule has 34 heavy (non-hydrogen) atoms. The molecule has 1 aromatic heterocycles. The molecule has 1 atom stereocenters. The van der Waals surface area contributed by atoms with Crippen molar-refractivity contribution >= 4 is 11.5 Å². The van der Waals surface area contributed by atoms with Gasteiger partial charge < -0.3 is 9.52 Å². The standard InChI is InChI=1S/C30H27NO3/c1-20-23(16-10-18-25(20)30(32)33)19-24-15-8-9-17-26(24)29-31-27(21-11-4-2-5-12-21)28(34-29)22-13-6-3-7-14-22/h2-7,10-14,16-18,24H,8-9,15,19H2,1H3,(H,32,33). The number of hydrogen-bond donors (Lipinski definition) is 1. The summed E-state index contributed by atoms with van der Waals surface area (Å²) in [5.41, 5.74) is 6.25. The van der Waals surface area contributed by atoms with Crippen molar-refractivity contribution < 1.29 is 14.3 Å². The molecule has 1 aliphatic rings. The average molecular weight is 450 g/mol. The number of aromatic carboxylic acids is 1. The van der Waals surface area contributed by atoms with Gasteiger partial charge in [0.1, 0.15) is 5.69 Å². The number of nitrogens with zero attached hydrogens (tertiary/aromatic N) is 1. The molecule has 4 nitrogen and oxygen atoms in total. The van der Waals surface area contributed by atoms with E-state index >= 15 is 0 Å². The molecule has 1 N–H and O–H groups in total. The summed E-state index contributed by atoms with van der Waals surface area (Å²) < 4.78 is 6.48. The van der Waals surface area contributed by atoms with Crippen molar-refractivity contribution in [3.8, 4) is 22.6 Å². The Bertz CT molecular complexity index is 1280. The fraction of sp³-hybridized carbons (Fsp3) is 0.200. The van der Waals surface area contributed by atoms with E-state index in [1.165, 1.54) is 0 Å². The average Bonchev–Trinajstić information content (AvgIpc) is 3.32. The molecule has 0 fully saturated rings. The number of allylic oxidation sites excluding steroid dienone is 2. The van der Waals surface area contributed by atoms with Gasteiger partial charge in [-0.2, -0.15) is 0 Å². The number of carboxylic acids is 1. The van der Waals surface area contributed by atoms with Crippen LogP contribution in [0.1, 0.15) is 46.6 Å². The molecule has 1 aliphatic carbocycles. The molecule has 0 bridgehead atoms. The van der Waals surface area contributed by atoms with Crippen molar-refractivity contribution in [1.82, 2.24) is 4.98 Å². The zero-order valence-corrected chi connectivity index (χ0v) is 19.2. The van der Waals surface area contributed by atoms with Crippen LogP contribution >= 0.6 is 0 Å². The van der Waals surface area contributed by atoms with Crippen LogP contribution in [0.15, 0.2) is 89.4 Å². The predicted octanol–water partition coefficient (Wildman–Crippen LogP) is 7.44. The number of carboxylic acid groups (broad SMARTS) is 1. The van der Waals surface area contributed by atoms with Crippen LogP contribution in [-0.4, -0.2) is 16.1 Å². The zero-order chi connectivity index (χ0) is 23.5. The normalized spacial score (nSPS) is 15.7. The van der Waals surface area contributed by atoms with Gasteiger partial charge in [0.2, 0.25) is 5.89 Å². The number of rotatable bonds is 6. The highest BCUT2D eigenvalue weighted by atomic mass is 16.4. The van der Waals surface area contributed by atoms with Crippen LogP contribution in [0.25, 0.3) is 28.2 Å². The second-order valence-electron chi connectivity index (χ2n) is 8.82. The molecule has 4 heteroatoms. The van der Waals surface area contributed by atoms with E-state index in [4.69, 9.17) is 9.40 Å². The van der Waals surface area contributed by atoms with Crippen molar-refractivity contribution in [1.29, 1.82) is 0 Å². The van der Waals surface area contributed by atoms with Gasteiger partial charge in [-0.05, 0) is 55.7 Å². The third-order valence-electron chi connectivity index (χ3n) is 6.66. The van der Waals surface area contributed by atoms with Gasteiger partial charge >= 0.3 is 5.97 Å². The van der Waals surface area contributed by atoms with E-state index in [0.29, 0.717) is 11.5 Å². The van der Waals surface area contributed by atoms with E-state index in [1.807, 2.05) is 67.6 Å². The first kappa shape index (κ1) is 21.9. The van der Waals surface area contributed by atoms with E-state index in [2.05, 4.69) is 18.2 Å². The van der Waals surface area contributed by atoms with Crippen LogP contribution < -0.4 is 0 Å². The molecule has 0 aliphatic heterocycles. The molecular weight excluding hydrogens is 422 g/mol. The lowest BCUT2D eigenvalue weighted by molar-refractivity contribution is 0.0696. The lowest BCUT2D eigenvalue weighted by Gasteiger charge is -2.23. The van der Waals surface area contributed by atoms with E-state index < -0.39 is 5.97 Å². The van der Waals surface area contributed by atoms with Crippen LogP contribution in [0.4, 0.5) is 0 Å². The Kier molecular flexibility index (Phi) is 6.13. The zero-order valence-electron chi connectivity index (χ0n) is 19.2. The van der Waals surface area contributed by atoms with Gasteiger partial charge in [-0.3, -0.25) is 0 Å². The van der Waals surface area contributed by atoms with Crippen molar-refractivity contribution in [3.63, 3.8) is 0 Å². The Morgan fingerprint density at radius 1 is 0.971 bits per heavy atom. The van der Waals surface area contributed by atoms with Crippen LogP contribution in [0.2, 0.25) is 0 Å². The summed E-state index contributed by atoms with van der Waals surface area (Å²) in [6.45, 7) is 1.90. The van der Waals surface area contributed by atoms with Gasteiger partial charge in [0, 0.05) is 16.7 Å². The maximum Gasteiger partial charge on any atom is 0.335 e. The van der Waals surface area contributed by atoms with E-state index in [-0.39, 0.29) is 5.92 Å². The highest BCUT2D eigenvalue weighted by Crippen LogP contribution is 2.40. The molecule has 0 amide bonds. The highest BCUT2D eigenvalue weighted by Gasteiger charge is 2.27. The first-order valence-electron chi connectivity index (χ1n) is 11.8. The van der Waals surface area contributed by atoms with Crippen molar-refractivity contribution in [2.75, 3.05) is 0 Å². The Balaban J connectivity index is 1.55. The molecule has 1 heterocycles. The van der Waals surface area contributed by atoms with E-state index in [9.17, 15) is 9.90 Å². The van der Waals surface area contributed by atoms with Crippen LogP contribution in [-0.2, 0) is 6.42 Å². The summed E-state index contributed by atoms with van der Waals surface area (Å²) in [6, 6.07) is 25.8. The van der Waals surface area contributed by atoms with Crippen molar-refractivity contribution in [2.24, 2.45) is 5.92 Å². The van der Waals surface area contributed by atoms with Crippen LogP contribution in [0.5, 0.6) is 0 Å². The molecule has 170 valence electrons. The van der Waals surface area contributed by atoms with E-state index in [0.717, 1.165) is 65.0 Å². The van der Waals surface area contributed by atoms with E-state index in [1.54, 1.807) is 6.07 Å². The molecule has 0 spiro atoms. The first-order chi connectivity index (χ1) is 16.6. The Hall–Kier alpha value is -3.92. The summed E-state index contributed by atoms with van der Waals surface area (Å²) in [5, 5.41) is 9.54. The van der Waals surface area contributed by atoms with Crippen molar-refractivity contribution in [3.05, 3.63) is 108 Å². The summed E-state index contributed by atoms with van der Waals surface area (Å²) >= 11 is 0. The van der Waals surface area contributed by atoms with Gasteiger partial charge in [-0.15, -0.1) is 0 Å². The lowest BCUT2D eigenvalue weighted by Crippen LogP contribution is -2.13. The third-order valence-corrected chi connectivity index (χ3v) is 6.66. The number of hydrogen-bond acceptors (Lipinski definition) is 3. The summed E-state index contributed by atoms with van der Waals surface area (Å²) in [4.78, 5) is 16.6. The SMILES string of the molecule is Cc1c(CC2CCCC=C2c2nc(-c3ccccc3)c(-c3ccccc3)o2)cccc1C(=O)O. The second kappa shape index (κ2) is 9.52. The number of aromatic nitrogens is 1. The monoisotopic (exact) mass is 449 g/mol. The Morgan fingerprint density at radius 3 is 2.38 bits per heavy atom. The summed E-state index contributed by atoms with van der Waals surface area (Å²) in [7, 11) is 0. The quantitative estimate of drug-likeness (QED) is 0.332. The lowest BCUT2D eigenvalue weighted by atomic mass is 9.82. The third kappa shape index (κ3) is 4.32. The Labute approximate surface area is 199 Å². The molecule has 4 aromatic rings. The highest BCUT2D eigenvalue weighted by molar-refractivity contribution is 5.89. The van der Waals surface area contributed by atoms with Crippen LogP contribution in [0, 0.1) is 12.8 Å². The van der Waals surface area contributed by atoms with Gasteiger partial charge in [-0.25, -0.2) is 9.78 Å². The van der Waals surface area contributed by atoms with Crippen LogP contribution in [0.3, 0.4) is 0 Å².